The van der Waals surface area contributed by atoms with Crippen LogP contribution < -0.4 is 4.90 Å². The van der Waals surface area contributed by atoms with E-state index in [0.29, 0.717) is 22.5 Å². The smallest absolute Gasteiger partial charge is 0.337 e. The number of nitrogens with zero attached hydrogens (tertiary/aromatic N) is 2. The molecule has 0 saturated heterocycles. The second-order valence-corrected chi connectivity index (χ2v) is 4.54. The molecule has 0 bridgehead atoms. The molecule has 5 heteroatoms. The number of benzene rings is 1. The lowest BCUT2D eigenvalue weighted by atomic mass is 10.1. The van der Waals surface area contributed by atoms with Crippen molar-refractivity contribution >= 4 is 17.6 Å². The summed E-state index contributed by atoms with van der Waals surface area (Å²) in [5.74, 6) is -0.613. The molecule has 0 unspecified atom stereocenters. The Kier molecular flexibility index (Phi) is 4.33. The highest BCUT2D eigenvalue weighted by molar-refractivity contribution is 6.06. The summed E-state index contributed by atoms with van der Waals surface area (Å²) in [6.07, 6.45) is 1.64. The molecule has 0 fully saturated rings. The van der Waals surface area contributed by atoms with Crippen LogP contribution in [0.3, 0.4) is 0 Å². The van der Waals surface area contributed by atoms with Gasteiger partial charge in [-0.15, -0.1) is 0 Å². The lowest BCUT2D eigenvalue weighted by Gasteiger charge is -2.18. The van der Waals surface area contributed by atoms with Crippen LogP contribution in [0.1, 0.15) is 26.4 Å². The molecule has 2 rings (SSSR count). The Hall–Kier alpha value is -2.69. The van der Waals surface area contributed by atoms with Gasteiger partial charge in [-0.2, -0.15) is 0 Å². The average Bonchev–Trinajstić information content (AvgIpc) is 2.53. The van der Waals surface area contributed by atoms with E-state index in [1.165, 1.54) is 12.0 Å². The van der Waals surface area contributed by atoms with Crippen LogP contribution >= 0.6 is 0 Å². The van der Waals surface area contributed by atoms with E-state index in [9.17, 15) is 9.59 Å². The van der Waals surface area contributed by atoms with E-state index in [4.69, 9.17) is 0 Å². The third kappa shape index (κ3) is 3.08. The van der Waals surface area contributed by atoms with Gasteiger partial charge in [0.25, 0.3) is 5.91 Å². The van der Waals surface area contributed by atoms with Crippen molar-refractivity contribution < 1.29 is 14.3 Å². The largest absolute Gasteiger partial charge is 0.465 e. The summed E-state index contributed by atoms with van der Waals surface area (Å²) < 4.78 is 4.68. The van der Waals surface area contributed by atoms with Crippen LogP contribution in [0.5, 0.6) is 0 Å². The summed E-state index contributed by atoms with van der Waals surface area (Å²) >= 11 is 0. The maximum absolute atomic E-state index is 12.5. The van der Waals surface area contributed by atoms with Gasteiger partial charge in [0, 0.05) is 24.6 Å². The Labute approximate surface area is 123 Å². The normalized spacial score (nSPS) is 10.0. The number of aryl methyl sites for hydroxylation is 1. The van der Waals surface area contributed by atoms with Crippen molar-refractivity contribution in [3.8, 4) is 0 Å². The number of anilines is 1. The van der Waals surface area contributed by atoms with Crippen molar-refractivity contribution in [3.63, 3.8) is 0 Å². The number of methoxy groups -OCH3 is 1. The van der Waals surface area contributed by atoms with Crippen molar-refractivity contribution in [2.75, 3.05) is 19.1 Å². The molecule has 108 valence electrons. The quantitative estimate of drug-likeness (QED) is 0.812. The Morgan fingerprint density at radius 2 is 1.95 bits per heavy atom. The summed E-state index contributed by atoms with van der Waals surface area (Å²) in [6, 6.07) is 10.2. The van der Waals surface area contributed by atoms with Crippen LogP contribution in [-0.2, 0) is 4.74 Å². The predicted molar refractivity (Wildman–Crippen MR) is 79.5 cm³/mol. The molecule has 2 aromatic rings. The molecular weight excluding hydrogens is 268 g/mol. The molecule has 1 aromatic heterocycles. The van der Waals surface area contributed by atoms with Crippen molar-refractivity contribution in [1.82, 2.24) is 4.98 Å². The molecule has 0 atom stereocenters. The average molecular weight is 284 g/mol. The minimum absolute atomic E-state index is 0.178. The monoisotopic (exact) mass is 284 g/mol. The second kappa shape index (κ2) is 6.17. The van der Waals surface area contributed by atoms with Gasteiger partial charge in [0.15, 0.2) is 0 Å². The molecule has 0 N–H and O–H groups in total. The first-order valence-corrected chi connectivity index (χ1v) is 6.42. The molecule has 0 aliphatic carbocycles. The van der Waals surface area contributed by atoms with Crippen LogP contribution in [-0.4, -0.2) is 31.0 Å². The van der Waals surface area contributed by atoms with E-state index in [2.05, 4.69) is 9.72 Å². The Morgan fingerprint density at radius 3 is 2.62 bits per heavy atom. The van der Waals surface area contributed by atoms with Crippen LogP contribution in [0.15, 0.2) is 42.6 Å². The van der Waals surface area contributed by atoms with Crippen LogP contribution in [0, 0.1) is 6.92 Å². The Morgan fingerprint density at radius 1 is 1.19 bits per heavy atom. The van der Waals surface area contributed by atoms with E-state index >= 15 is 0 Å². The highest BCUT2D eigenvalue weighted by Gasteiger charge is 2.17. The number of carbonyl (C=O) groups excluding carboxylic acids is 2. The zero-order valence-corrected chi connectivity index (χ0v) is 12.2. The van der Waals surface area contributed by atoms with E-state index in [0.717, 1.165) is 0 Å². The first-order chi connectivity index (χ1) is 10.0. The molecule has 0 radical (unpaired) electrons. The minimum Gasteiger partial charge on any atom is -0.465 e. The lowest BCUT2D eigenvalue weighted by molar-refractivity contribution is 0.0600. The van der Waals surface area contributed by atoms with E-state index in [1.54, 1.807) is 56.6 Å². The number of pyridine rings is 1. The number of amides is 1. The lowest BCUT2D eigenvalue weighted by Crippen LogP contribution is -2.27. The van der Waals surface area contributed by atoms with Gasteiger partial charge < -0.3 is 9.64 Å². The zero-order valence-electron chi connectivity index (χ0n) is 12.2. The van der Waals surface area contributed by atoms with Crippen LogP contribution in [0.2, 0.25) is 0 Å². The molecule has 1 amide bonds. The highest BCUT2D eigenvalue weighted by Crippen LogP contribution is 2.18. The number of carbonyl (C=O) groups is 2. The molecule has 1 aromatic carbocycles. The molecule has 5 nitrogen and oxygen atoms in total. The zero-order chi connectivity index (χ0) is 15.4. The fourth-order valence-corrected chi connectivity index (χ4v) is 1.97. The molecule has 0 aliphatic heterocycles. The van der Waals surface area contributed by atoms with Crippen molar-refractivity contribution in [1.29, 1.82) is 0 Å². The topological polar surface area (TPSA) is 59.5 Å². The summed E-state index contributed by atoms with van der Waals surface area (Å²) in [6.45, 7) is 1.78. The fourth-order valence-electron chi connectivity index (χ4n) is 1.97. The number of rotatable bonds is 3. The number of aromatic nitrogens is 1. The third-order valence-electron chi connectivity index (χ3n) is 3.20. The molecule has 21 heavy (non-hydrogen) atoms. The predicted octanol–water partition coefficient (Wildman–Crippen LogP) is 2.45. The van der Waals surface area contributed by atoms with Crippen molar-refractivity contribution in [2.45, 2.75) is 6.92 Å². The Bertz CT molecular complexity index is 683. The van der Waals surface area contributed by atoms with Gasteiger partial charge in [-0.25, -0.2) is 4.79 Å². The molecule has 0 aliphatic rings. The van der Waals surface area contributed by atoms with Crippen molar-refractivity contribution in [2.24, 2.45) is 0 Å². The SMILES string of the molecule is COC(=O)c1cccc(N(C)C(=O)c2cccnc2C)c1. The second-order valence-electron chi connectivity index (χ2n) is 4.54. The maximum atomic E-state index is 12.5. The van der Waals surface area contributed by atoms with E-state index < -0.39 is 5.97 Å². The maximum Gasteiger partial charge on any atom is 0.337 e. The van der Waals surface area contributed by atoms with Crippen LogP contribution in [0.4, 0.5) is 5.69 Å². The van der Waals surface area contributed by atoms with Gasteiger partial charge in [-0.1, -0.05) is 6.07 Å². The fraction of sp³-hybridized carbons (Fsp3) is 0.188. The standard InChI is InChI=1S/C16H16N2O3/c1-11-14(8-5-9-17-11)15(19)18(2)13-7-4-6-12(10-13)16(20)21-3/h4-10H,1-3H3. The Balaban J connectivity index is 2.32. The van der Waals surface area contributed by atoms with Gasteiger partial charge in [-0.05, 0) is 37.3 Å². The summed E-state index contributed by atoms with van der Waals surface area (Å²) in [5, 5.41) is 0. The first-order valence-electron chi connectivity index (χ1n) is 6.42. The summed E-state index contributed by atoms with van der Waals surface area (Å²) in [5.41, 5.74) is 2.21. The molecule has 0 saturated carbocycles. The molecule has 0 spiro atoms. The van der Waals surface area contributed by atoms with Gasteiger partial charge in [0.05, 0.1) is 18.2 Å². The molecule has 1 heterocycles. The van der Waals surface area contributed by atoms with E-state index in [1.807, 2.05) is 0 Å². The van der Waals surface area contributed by atoms with Gasteiger partial charge in [-0.3, -0.25) is 9.78 Å². The minimum atomic E-state index is -0.435. The summed E-state index contributed by atoms with van der Waals surface area (Å²) in [7, 11) is 2.98. The van der Waals surface area contributed by atoms with Gasteiger partial charge >= 0.3 is 5.97 Å². The highest BCUT2D eigenvalue weighted by atomic mass is 16.5. The van der Waals surface area contributed by atoms with Crippen LogP contribution in [0.25, 0.3) is 0 Å². The van der Waals surface area contributed by atoms with E-state index in [-0.39, 0.29) is 5.91 Å². The molecular formula is C16H16N2O3. The number of hydrogen-bond donors (Lipinski definition) is 0. The van der Waals surface area contributed by atoms with Gasteiger partial charge in [0.1, 0.15) is 0 Å². The number of hydrogen-bond acceptors (Lipinski definition) is 4. The first kappa shape index (κ1) is 14.7. The number of ether oxygens (including phenoxy) is 1. The third-order valence-corrected chi connectivity index (χ3v) is 3.20. The van der Waals surface area contributed by atoms with Crippen molar-refractivity contribution in [3.05, 3.63) is 59.4 Å². The summed E-state index contributed by atoms with van der Waals surface area (Å²) in [4.78, 5) is 29.6. The van der Waals surface area contributed by atoms with Gasteiger partial charge in [0.2, 0.25) is 0 Å². The number of esters is 1.